The molecule has 0 bridgehead atoms. The van der Waals surface area contributed by atoms with Crippen molar-refractivity contribution in [3.8, 4) is 22.6 Å². The number of nitrogens with two attached hydrogens (primary N) is 1. The van der Waals surface area contributed by atoms with Crippen molar-refractivity contribution in [1.82, 2.24) is 24.8 Å². The Morgan fingerprint density at radius 2 is 1.84 bits per heavy atom. The zero-order chi connectivity index (χ0) is 22.9. The fourth-order valence-corrected chi connectivity index (χ4v) is 3.14. The first kappa shape index (κ1) is 21.1. The van der Waals surface area contributed by atoms with Crippen molar-refractivity contribution in [2.75, 3.05) is 12.3 Å². The minimum atomic E-state index is -4.81. The maximum atomic E-state index is 13.7. The number of ether oxygens (including phenoxy) is 1. The van der Waals surface area contributed by atoms with Crippen molar-refractivity contribution in [3.05, 3.63) is 72.2 Å². The van der Waals surface area contributed by atoms with E-state index in [1.807, 2.05) is 6.07 Å². The monoisotopic (exact) mass is 442 g/mol. The van der Waals surface area contributed by atoms with Crippen LogP contribution in [0.2, 0.25) is 0 Å². The molecule has 164 valence electrons. The first-order chi connectivity index (χ1) is 15.3. The van der Waals surface area contributed by atoms with Gasteiger partial charge >= 0.3 is 12.1 Å². The molecule has 0 amide bonds. The van der Waals surface area contributed by atoms with Gasteiger partial charge in [0.05, 0.1) is 30.4 Å². The average molecular weight is 442 g/mol. The minimum absolute atomic E-state index is 0.0501. The quantitative estimate of drug-likeness (QED) is 0.372. The number of carbonyl (C=O) groups excluding carboxylic acids is 1. The molecule has 32 heavy (non-hydrogen) atoms. The second kappa shape index (κ2) is 8.17. The molecule has 0 spiro atoms. The maximum Gasteiger partial charge on any atom is 0.434 e. The lowest BCUT2D eigenvalue weighted by Gasteiger charge is -2.12. The number of hydrogen-bond donors (Lipinski definition) is 1. The van der Waals surface area contributed by atoms with E-state index in [1.165, 1.54) is 23.7 Å². The van der Waals surface area contributed by atoms with E-state index < -0.39 is 23.4 Å². The normalized spacial score (nSPS) is 11.5. The van der Waals surface area contributed by atoms with Gasteiger partial charge in [-0.1, -0.05) is 17.3 Å². The summed E-state index contributed by atoms with van der Waals surface area (Å²) < 4.78 is 47.9. The smallest absolute Gasteiger partial charge is 0.434 e. The van der Waals surface area contributed by atoms with Crippen LogP contribution < -0.4 is 5.73 Å². The van der Waals surface area contributed by atoms with Crippen LogP contribution in [0.3, 0.4) is 0 Å². The van der Waals surface area contributed by atoms with E-state index in [1.54, 1.807) is 36.5 Å². The topological polar surface area (TPSA) is 101 Å². The van der Waals surface area contributed by atoms with Gasteiger partial charge in [-0.2, -0.15) is 18.3 Å². The van der Waals surface area contributed by atoms with Crippen molar-refractivity contribution in [1.29, 1.82) is 0 Å². The van der Waals surface area contributed by atoms with E-state index in [9.17, 15) is 18.0 Å². The lowest BCUT2D eigenvalue weighted by atomic mass is 10.1. The third kappa shape index (κ3) is 4.04. The van der Waals surface area contributed by atoms with Gasteiger partial charge in [0, 0.05) is 11.3 Å². The lowest BCUT2D eigenvalue weighted by molar-refractivity contribution is -0.143. The Hall–Kier alpha value is -4.15. The van der Waals surface area contributed by atoms with Crippen LogP contribution in [0.15, 0.2) is 60.9 Å². The van der Waals surface area contributed by atoms with E-state index in [2.05, 4.69) is 15.4 Å². The third-order valence-electron chi connectivity index (χ3n) is 4.57. The Labute approximate surface area is 180 Å². The minimum Gasteiger partial charge on any atom is -0.462 e. The fraction of sp³-hybridized carbons (Fsp3) is 0.143. The number of benzene rings is 2. The predicted molar refractivity (Wildman–Crippen MR) is 109 cm³/mol. The Morgan fingerprint density at radius 1 is 1.12 bits per heavy atom. The molecule has 2 N–H and O–H groups in total. The molecule has 0 saturated carbocycles. The van der Waals surface area contributed by atoms with Crippen molar-refractivity contribution < 1.29 is 22.7 Å². The van der Waals surface area contributed by atoms with Gasteiger partial charge in [0.2, 0.25) is 0 Å². The molecule has 0 aliphatic carbocycles. The van der Waals surface area contributed by atoms with Gasteiger partial charge in [-0.15, -0.1) is 5.10 Å². The Bertz CT molecular complexity index is 1260. The summed E-state index contributed by atoms with van der Waals surface area (Å²) >= 11 is 0. The standard InChI is InChI=1S/C21H17F3N6O2/c1-2-32-20(31)17-11-26-30(19(17)21(22,23)24)16-8-6-15(7-9-16)29-12-18(27-28-29)13-4-3-5-14(25)10-13/h3-12H,2,25H2,1H3. The highest BCUT2D eigenvalue weighted by molar-refractivity contribution is 5.90. The van der Waals surface area contributed by atoms with Crippen LogP contribution in [-0.4, -0.2) is 37.4 Å². The molecule has 0 saturated heterocycles. The largest absolute Gasteiger partial charge is 0.462 e. The number of anilines is 1. The summed E-state index contributed by atoms with van der Waals surface area (Å²) in [5, 5.41) is 11.9. The van der Waals surface area contributed by atoms with Crippen LogP contribution in [0, 0.1) is 0 Å². The first-order valence-corrected chi connectivity index (χ1v) is 9.49. The van der Waals surface area contributed by atoms with E-state index in [4.69, 9.17) is 10.5 Å². The number of aromatic nitrogens is 5. The number of hydrogen-bond acceptors (Lipinski definition) is 6. The van der Waals surface area contributed by atoms with Gasteiger partial charge in [0.1, 0.15) is 11.3 Å². The molecule has 2 aromatic carbocycles. The van der Waals surface area contributed by atoms with Crippen LogP contribution in [0.4, 0.5) is 18.9 Å². The first-order valence-electron chi connectivity index (χ1n) is 9.49. The highest BCUT2D eigenvalue weighted by atomic mass is 19.4. The van der Waals surface area contributed by atoms with Gasteiger partial charge in [-0.05, 0) is 43.3 Å². The molecule has 0 atom stereocenters. The van der Waals surface area contributed by atoms with Crippen LogP contribution in [-0.2, 0) is 10.9 Å². The van der Waals surface area contributed by atoms with Gasteiger partial charge in [0.15, 0.2) is 5.69 Å². The lowest BCUT2D eigenvalue weighted by Crippen LogP contribution is -2.18. The third-order valence-corrected chi connectivity index (χ3v) is 4.57. The van der Waals surface area contributed by atoms with Crippen LogP contribution in [0.1, 0.15) is 23.0 Å². The number of nitrogens with zero attached hydrogens (tertiary/aromatic N) is 5. The molecule has 0 unspecified atom stereocenters. The summed E-state index contributed by atoms with van der Waals surface area (Å²) in [7, 11) is 0. The summed E-state index contributed by atoms with van der Waals surface area (Å²) in [5.74, 6) is -1.08. The molecule has 11 heteroatoms. The predicted octanol–water partition coefficient (Wildman–Crippen LogP) is 3.90. The van der Waals surface area contributed by atoms with Crippen molar-refractivity contribution >= 4 is 11.7 Å². The Kier molecular flexibility index (Phi) is 5.39. The van der Waals surface area contributed by atoms with Crippen molar-refractivity contribution in [2.24, 2.45) is 0 Å². The second-order valence-corrected chi connectivity index (χ2v) is 6.73. The van der Waals surface area contributed by atoms with Gasteiger partial charge in [-0.3, -0.25) is 0 Å². The summed E-state index contributed by atoms with van der Waals surface area (Å²) in [6, 6.07) is 13.2. The SMILES string of the molecule is CCOC(=O)c1cnn(-c2ccc(-n3cc(-c4cccc(N)c4)nn3)cc2)c1C(F)(F)F. The molecule has 0 aliphatic heterocycles. The molecule has 0 radical (unpaired) electrons. The van der Waals surface area contributed by atoms with Crippen LogP contribution >= 0.6 is 0 Å². The molecule has 2 heterocycles. The number of alkyl halides is 3. The van der Waals surface area contributed by atoms with Gasteiger partial charge < -0.3 is 10.5 Å². The molecular weight excluding hydrogens is 425 g/mol. The van der Waals surface area contributed by atoms with E-state index in [-0.39, 0.29) is 12.3 Å². The summed E-state index contributed by atoms with van der Waals surface area (Å²) in [5.41, 5.74) is 6.60. The summed E-state index contributed by atoms with van der Waals surface area (Å²) in [6.45, 7) is 1.46. The van der Waals surface area contributed by atoms with E-state index >= 15 is 0 Å². The number of carbonyl (C=O) groups is 1. The maximum absolute atomic E-state index is 13.7. The van der Waals surface area contributed by atoms with Gasteiger partial charge in [0.25, 0.3) is 0 Å². The highest BCUT2D eigenvalue weighted by Crippen LogP contribution is 2.34. The van der Waals surface area contributed by atoms with E-state index in [0.717, 1.165) is 11.8 Å². The number of esters is 1. The summed E-state index contributed by atoms with van der Waals surface area (Å²) in [6.07, 6.45) is -2.28. The van der Waals surface area contributed by atoms with Crippen molar-refractivity contribution in [2.45, 2.75) is 13.1 Å². The average Bonchev–Trinajstić information content (AvgIpc) is 3.42. The number of nitrogen functional groups attached to an aromatic ring is 1. The Morgan fingerprint density at radius 3 is 2.50 bits per heavy atom. The van der Waals surface area contributed by atoms with E-state index in [0.29, 0.717) is 21.8 Å². The summed E-state index contributed by atoms with van der Waals surface area (Å²) in [4.78, 5) is 11.9. The molecule has 8 nitrogen and oxygen atoms in total. The second-order valence-electron chi connectivity index (χ2n) is 6.73. The molecule has 0 fully saturated rings. The molecule has 4 rings (SSSR count). The zero-order valence-corrected chi connectivity index (χ0v) is 16.7. The van der Waals surface area contributed by atoms with Crippen molar-refractivity contribution in [3.63, 3.8) is 0 Å². The van der Waals surface area contributed by atoms with Gasteiger partial charge in [-0.25, -0.2) is 14.2 Å². The van der Waals surface area contributed by atoms with Crippen LogP contribution in [0.5, 0.6) is 0 Å². The molecular formula is C21H17F3N6O2. The Balaban J connectivity index is 1.66. The molecule has 4 aromatic rings. The highest BCUT2D eigenvalue weighted by Gasteiger charge is 2.41. The number of rotatable bonds is 5. The zero-order valence-electron chi connectivity index (χ0n) is 16.7. The molecule has 2 aromatic heterocycles. The fourth-order valence-electron chi connectivity index (χ4n) is 3.14. The molecule has 0 aliphatic rings. The van der Waals surface area contributed by atoms with Crippen LogP contribution in [0.25, 0.3) is 22.6 Å². The number of halogens is 3.